The zero-order chi connectivity index (χ0) is 19.4. The van der Waals surface area contributed by atoms with Crippen molar-refractivity contribution in [3.63, 3.8) is 0 Å². The van der Waals surface area contributed by atoms with Crippen LogP contribution in [0.15, 0.2) is 45.4 Å². The fraction of sp³-hybridized carbons (Fsp3) is 0.167. The maximum Gasteiger partial charge on any atom is 0.340 e. The van der Waals surface area contributed by atoms with Crippen LogP contribution in [0, 0.1) is 0 Å². The summed E-state index contributed by atoms with van der Waals surface area (Å²) in [5.41, 5.74) is 6.99. The highest BCUT2D eigenvalue weighted by Crippen LogP contribution is 2.31. The Morgan fingerprint density at radius 3 is 2.74 bits per heavy atom. The van der Waals surface area contributed by atoms with Crippen LogP contribution in [0.1, 0.15) is 16.2 Å². The molecule has 8 nitrogen and oxygen atoms in total. The van der Waals surface area contributed by atoms with Crippen molar-refractivity contribution in [3.8, 4) is 22.9 Å². The molecule has 27 heavy (non-hydrogen) atoms. The van der Waals surface area contributed by atoms with Gasteiger partial charge in [-0.1, -0.05) is 21.1 Å². The second kappa shape index (κ2) is 8.09. The number of ether oxygens (including phenoxy) is 3. The minimum Gasteiger partial charge on any atom is -0.497 e. The zero-order valence-corrected chi connectivity index (χ0v) is 16.1. The molecule has 1 aromatic heterocycles. The number of carbonyl (C=O) groups is 1. The Morgan fingerprint density at radius 2 is 2.00 bits per heavy atom. The first-order valence-electron chi connectivity index (χ1n) is 7.79. The summed E-state index contributed by atoms with van der Waals surface area (Å²) in [6, 6.07) is 10.1. The van der Waals surface area contributed by atoms with E-state index in [4.69, 9.17) is 24.5 Å². The number of methoxy groups -OCH3 is 2. The molecule has 1 heterocycles. The Bertz CT molecular complexity index is 973. The zero-order valence-electron chi connectivity index (χ0n) is 14.6. The van der Waals surface area contributed by atoms with E-state index in [1.54, 1.807) is 43.5 Å². The molecule has 0 saturated carbocycles. The van der Waals surface area contributed by atoms with Gasteiger partial charge < -0.3 is 24.5 Å². The van der Waals surface area contributed by atoms with Gasteiger partial charge >= 0.3 is 5.97 Å². The minimum absolute atomic E-state index is 0.143. The van der Waals surface area contributed by atoms with E-state index in [1.807, 2.05) is 0 Å². The molecule has 140 valence electrons. The van der Waals surface area contributed by atoms with Crippen molar-refractivity contribution in [2.24, 2.45) is 0 Å². The number of rotatable bonds is 6. The van der Waals surface area contributed by atoms with Gasteiger partial charge in [0, 0.05) is 16.2 Å². The molecule has 0 radical (unpaired) electrons. The monoisotopic (exact) mass is 433 g/mol. The highest BCUT2D eigenvalue weighted by Gasteiger charge is 2.17. The summed E-state index contributed by atoms with van der Waals surface area (Å²) in [5.74, 6) is 1.03. The number of nitrogens with two attached hydrogens (primary N) is 1. The molecule has 0 bridgehead atoms. The third-order valence-electron chi connectivity index (χ3n) is 3.68. The van der Waals surface area contributed by atoms with Crippen LogP contribution < -0.4 is 15.2 Å². The van der Waals surface area contributed by atoms with E-state index in [9.17, 15) is 4.79 Å². The number of hydrogen-bond donors (Lipinski definition) is 1. The van der Waals surface area contributed by atoms with E-state index in [2.05, 4.69) is 26.1 Å². The van der Waals surface area contributed by atoms with Crippen molar-refractivity contribution >= 4 is 27.6 Å². The van der Waals surface area contributed by atoms with Gasteiger partial charge in [-0.05, 0) is 30.3 Å². The van der Waals surface area contributed by atoms with E-state index in [0.29, 0.717) is 28.6 Å². The number of hydrogen-bond acceptors (Lipinski definition) is 8. The number of benzene rings is 2. The lowest BCUT2D eigenvalue weighted by molar-refractivity contribution is 0.0431. The molecule has 0 aliphatic heterocycles. The predicted molar refractivity (Wildman–Crippen MR) is 101 cm³/mol. The van der Waals surface area contributed by atoms with E-state index in [-0.39, 0.29) is 18.1 Å². The van der Waals surface area contributed by atoms with Gasteiger partial charge in [-0.15, -0.1) is 0 Å². The average molecular weight is 434 g/mol. The van der Waals surface area contributed by atoms with Gasteiger partial charge in [0.2, 0.25) is 5.82 Å². The predicted octanol–water partition coefficient (Wildman–Crippen LogP) is 3.46. The van der Waals surface area contributed by atoms with Gasteiger partial charge in [-0.3, -0.25) is 0 Å². The summed E-state index contributed by atoms with van der Waals surface area (Å²) in [7, 11) is 3.09. The molecule has 9 heteroatoms. The molecule has 0 aliphatic carbocycles. The Kier molecular flexibility index (Phi) is 5.60. The van der Waals surface area contributed by atoms with Crippen LogP contribution in [0.4, 0.5) is 5.69 Å². The summed E-state index contributed by atoms with van der Waals surface area (Å²) in [4.78, 5) is 16.4. The number of nitrogens with zero attached hydrogens (tertiary/aromatic N) is 2. The van der Waals surface area contributed by atoms with Gasteiger partial charge in [-0.25, -0.2) is 4.79 Å². The molecule has 0 fully saturated rings. The normalized spacial score (nSPS) is 10.5. The molecule has 0 spiro atoms. The van der Waals surface area contributed by atoms with Crippen LogP contribution in [0.25, 0.3) is 11.4 Å². The number of carbonyl (C=O) groups excluding carboxylic acids is 1. The first-order valence-corrected chi connectivity index (χ1v) is 8.58. The van der Waals surface area contributed by atoms with Gasteiger partial charge in [0.05, 0.1) is 25.3 Å². The fourth-order valence-electron chi connectivity index (χ4n) is 2.32. The SMILES string of the molecule is COc1ccc(-c2noc(COC(=O)c3cc(Br)ccc3N)n2)c(OC)c1. The van der Waals surface area contributed by atoms with E-state index >= 15 is 0 Å². The Balaban J connectivity index is 1.73. The third-order valence-corrected chi connectivity index (χ3v) is 4.17. The first-order chi connectivity index (χ1) is 13.0. The van der Waals surface area contributed by atoms with Crippen LogP contribution in [0.3, 0.4) is 0 Å². The van der Waals surface area contributed by atoms with Crippen molar-refractivity contribution in [2.45, 2.75) is 6.61 Å². The van der Waals surface area contributed by atoms with Crippen LogP contribution in [0.5, 0.6) is 11.5 Å². The van der Waals surface area contributed by atoms with E-state index in [0.717, 1.165) is 4.47 Å². The highest BCUT2D eigenvalue weighted by atomic mass is 79.9. The lowest BCUT2D eigenvalue weighted by Gasteiger charge is -2.07. The van der Waals surface area contributed by atoms with Crippen molar-refractivity contribution < 1.29 is 23.5 Å². The second-order valence-corrected chi connectivity index (χ2v) is 6.30. The van der Waals surface area contributed by atoms with Crippen molar-refractivity contribution in [2.75, 3.05) is 20.0 Å². The van der Waals surface area contributed by atoms with Crippen LogP contribution in [-0.4, -0.2) is 30.3 Å². The van der Waals surface area contributed by atoms with Crippen molar-refractivity contribution in [3.05, 3.63) is 52.3 Å². The highest BCUT2D eigenvalue weighted by molar-refractivity contribution is 9.10. The maximum absolute atomic E-state index is 12.2. The van der Waals surface area contributed by atoms with Gasteiger partial charge in [0.1, 0.15) is 11.5 Å². The number of nitrogen functional groups attached to an aromatic ring is 1. The smallest absolute Gasteiger partial charge is 0.340 e. The maximum atomic E-state index is 12.2. The molecule has 0 aliphatic rings. The molecular weight excluding hydrogens is 418 g/mol. The molecule has 0 amide bonds. The molecule has 2 aromatic carbocycles. The van der Waals surface area contributed by atoms with Crippen LogP contribution in [0.2, 0.25) is 0 Å². The third kappa shape index (κ3) is 4.20. The Hall–Kier alpha value is -3.07. The van der Waals surface area contributed by atoms with Crippen molar-refractivity contribution in [1.29, 1.82) is 0 Å². The number of anilines is 1. The molecular formula is C18H16BrN3O5. The standard InChI is InChI=1S/C18H16BrN3O5/c1-24-11-4-5-12(15(8-11)25-2)17-21-16(27-22-17)9-26-18(23)13-7-10(19)3-6-14(13)20/h3-8H,9,20H2,1-2H3. The Morgan fingerprint density at radius 1 is 1.19 bits per heavy atom. The summed E-state index contributed by atoms with van der Waals surface area (Å²) in [6.07, 6.45) is 0. The van der Waals surface area contributed by atoms with E-state index < -0.39 is 5.97 Å². The molecule has 3 rings (SSSR count). The summed E-state index contributed by atoms with van der Waals surface area (Å²) in [6.45, 7) is -0.184. The first kappa shape index (κ1) is 18.7. The quantitative estimate of drug-likeness (QED) is 0.464. The van der Waals surface area contributed by atoms with Crippen LogP contribution >= 0.6 is 15.9 Å². The lowest BCUT2D eigenvalue weighted by atomic mass is 10.2. The van der Waals surface area contributed by atoms with Crippen LogP contribution in [-0.2, 0) is 11.3 Å². The number of halogens is 1. The largest absolute Gasteiger partial charge is 0.497 e. The van der Waals surface area contributed by atoms with Gasteiger partial charge in [0.15, 0.2) is 6.61 Å². The molecule has 0 saturated heterocycles. The van der Waals surface area contributed by atoms with Gasteiger partial charge in [-0.2, -0.15) is 4.98 Å². The average Bonchev–Trinajstić information content (AvgIpc) is 3.16. The fourth-order valence-corrected chi connectivity index (χ4v) is 2.68. The minimum atomic E-state index is -0.587. The Labute approximate surface area is 163 Å². The summed E-state index contributed by atoms with van der Waals surface area (Å²) in [5, 5.41) is 3.90. The number of esters is 1. The van der Waals surface area contributed by atoms with Crippen molar-refractivity contribution in [1.82, 2.24) is 10.1 Å². The molecule has 3 aromatic rings. The summed E-state index contributed by atoms with van der Waals surface area (Å²) >= 11 is 3.29. The molecule has 0 unspecified atom stereocenters. The summed E-state index contributed by atoms with van der Waals surface area (Å²) < 4.78 is 21.6. The van der Waals surface area contributed by atoms with Gasteiger partial charge in [0.25, 0.3) is 5.89 Å². The molecule has 2 N–H and O–H groups in total. The second-order valence-electron chi connectivity index (χ2n) is 5.39. The lowest BCUT2D eigenvalue weighted by Crippen LogP contribution is -2.08. The molecule has 0 atom stereocenters. The topological polar surface area (TPSA) is 110 Å². The number of aromatic nitrogens is 2. The van der Waals surface area contributed by atoms with E-state index in [1.165, 1.54) is 7.11 Å².